The standard InChI is InChI=1S/C26H37N3O6S/c1-8-22(26(31)27-18(2)3)28(16-20-11-9-10-19(4)14-20)25(30)17-29(36(7,32)33)21-12-13-23(34-5)24(15-21)35-6/h9-15,18,22H,8,16-17H2,1-7H3,(H,27,31)/t22-/m0/s1. The summed E-state index contributed by atoms with van der Waals surface area (Å²) < 4.78 is 37.1. The Balaban J connectivity index is 2.49. The van der Waals surface area contributed by atoms with Crippen LogP contribution in [0.15, 0.2) is 42.5 Å². The van der Waals surface area contributed by atoms with Crippen LogP contribution in [0.25, 0.3) is 0 Å². The minimum absolute atomic E-state index is 0.109. The van der Waals surface area contributed by atoms with Crippen molar-refractivity contribution in [3.63, 3.8) is 0 Å². The number of ether oxygens (including phenoxy) is 2. The first-order valence-electron chi connectivity index (χ1n) is 11.8. The number of rotatable bonds is 12. The molecule has 9 nitrogen and oxygen atoms in total. The summed E-state index contributed by atoms with van der Waals surface area (Å²) in [5.74, 6) is -0.0260. The van der Waals surface area contributed by atoms with Gasteiger partial charge >= 0.3 is 0 Å². The van der Waals surface area contributed by atoms with Crippen molar-refractivity contribution >= 4 is 27.5 Å². The zero-order chi connectivity index (χ0) is 27.0. The summed E-state index contributed by atoms with van der Waals surface area (Å²) in [7, 11) is -0.931. The molecule has 0 spiro atoms. The normalized spacial score (nSPS) is 12.1. The molecule has 0 fully saturated rings. The summed E-state index contributed by atoms with van der Waals surface area (Å²) in [6.07, 6.45) is 1.40. The molecule has 198 valence electrons. The van der Waals surface area contributed by atoms with Crippen molar-refractivity contribution in [3.8, 4) is 11.5 Å². The number of nitrogens with one attached hydrogen (secondary N) is 1. The lowest BCUT2D eigenvalue weighted by Gasteiger charge is -2.33. The summed E-state index contributed by atoms with van der Waals surface area (Å²) in [5, 5.41) is 2.87. The van der Waals surface area contributed by atoms with Crippen LogP contribution in [0.5, 0.6) is 11.5 Å². The van der Waals surface area contributed by atoms with E-state index >= 15 is 0 Å². The van der Waals surface area contributed by atoms with Gasteiger partial charge in [0.1, 0.15) is 12.6 Å². The van der Waals surface area contributed by atoms with E-state index in [1.807, 2.05) is 52.0 Å². The van der Waals surface area contributed by atoms with Crippen molar-refractivity contribution in [3.05, 3.63) is 53.6 Å². The van der Waals surface area contributed by atoms with E-state index < -0.39 is 28.5 Å². The summed E-state index contributed by atoms with van der Waals surface area (Å²) in [6, 6.07) is 11.4. The van der Waals surface area contributed by atoms with Gasteiger partial charge in [0.05, 0.1) is 26.2 Å². The molecule has 0 saturated heterocycles. The molecule has 1 N–H and O–H groups in total. The first-order chi connectivity index (χ1) is 16.9. The molecule has 0 saturated carbocycles. The number of nitrogens with zero attached hydrogens (tertiary/aromatic N) is 2. The van der Waals surface area contributed by atoms with Gasteiger partial charge in [-0.1, -0.05) is 36.8 Å². The molecule has 10 heteroatoms. The Hall–Kier alpha value is -3.27. The van der Waals surface area contributed by atoms with Crippen LogP contribution in [0, 0.1) is 6.92 Å². The largest absolute Gasteiger partial charge is 0.493 e. The topological polar surface area (TPSA) is 105 Å². The maximum atomic E-state index is 13.7. The number of hydrogen-bond acceptors (Lipinski definition) is 6. The van der Waals surface area contributed by atoms with Crippen LogP contribution in [0.4, 0.5) is 5.69 Å². The molecule has 0 aliphatic rings. The number of amides is 2. The lowest BCUT2D eigenvalue weighted by Crippen LogP contribution is -2.53. The van der Waals surface area contributed by atoms with Gasteiger partial charge in [-0.2, -0.15) is 0 Å². The van der Waals surface area contributed by atoms with E-state index in [0.29, 0.717) is 17.9 Å². The second-order valence-electron chi connectivity index (χ2n) is 8.91. The third kappa shape index (κ3) is 7.61. The zero-order valence-electron chi connectivity index (χ0n) is 22.1. The zero-order valence-corrected chi connectivity index (χ0v) is 22.9. The van der Waals surface area contributed by atoms with Gasteiger partial charge in [0, 0.05) is 18.7 Å². The predicted octanol–water partition coefficient (Wildman–Crippen LogP) is 3.11. The third-order valence-corrected chi connectivity index (χ3v) is 6.73. The van der Waals surface area contributed by atoms with Gasteiger partial charge < -0.3 is 19.7 Å². The highest BCUT2D eigenvalue weighted by Gasteiger charge is 2.32. The van der Waals surface area contributed by atoms with Crippen molar-refractivity contribution in [2.75, 3.05) is 31.3 Å². The Bertz CT molecular complexity index is 1170. The van der Waals surface area contributed by atoms with Gasteiger partial charge in [0.2, 0.25) is 21.8 Å². The quantitative estimate of drug-likeness (QED) is 0.462. The average Bonchev–Trinajstić information content (AvgIpc) is 2.80. The number of carbonyl (C=O) groups is 2. The van der Waals surface area contributed by atoms with Crippen molar-refractivity contribution in [1.82, 2.24) is 10.2 Å². The van der Waals surface area contributed by atoms with Crippen LogP contribution in [-0.2, 0) is 26.2 Å². The molecule has 0 bridgehead atoms. The van der Waals surface area contributed by atoms with E-state index in [9.17, 15) is 18.0 Å². The van der Waals surface area contributed by atoms with E-state index in [2.05, 4.69) is 5.32 Å². The van der Waals surface area contributed by atoms with Crippen LogP contribution >= 0.6 is 0 Å². The highest BCUT2D eigenvalue weighted by Crippen LogP contribution is 2.32. The second-order valence-corrected chi connectivity index (χ2v) is 10.8. The Morgan fingerprint density at radius 1 is 1.03 bits per heavy atom. The number of aryl methyl sites for hydroxylation is 1. The number of sulfonamides is 1. The highest BCUT2D eigenvalue weighted by molar-refractivity contribution is 7.92. The molecule has 2 aromatic carbocycles. The summed E-state index contributed by atoms with van der Waals surface area (Å²) in [5.41, 5.74) is 2.11. The number of carbonyl (C=O) groups excluding carboxylic acids is 2. The number of hydrogen-bond donors (Lipinski definition) is 1. The second kappa shape index (κ2) is 12.6. The molecule has 2 amide bonds. The Kier molecular flexibility index (Phi) is 10.2. The molecule has 0 radical (unpaired) electrons. The fraction of sp³-hybridized carbons (Fsp3) is 0.462. The first-order valence-corrected chi connectivity index (χ1v) is 13.6. The molecular formula is C26H37N3O6S. The lowest BCUT2D eigenvalue weighted by atomic mass is 10.1. The van der Waals surface area contributed by atoms with Crippen LogP contribution in [0.2, 0.25) is 0 Å². The average molecular weight is 520 g/mol. The summed E-state index contributed by atoms with van der Waals surface area (Å²) >= 11 is 0. The molecule has 0 heterocycles. The number of benzene rings is 2. The molecule has 2 rings (SSSR count). The van der Waals surface area contributed by atoms with Crippen molar-refractivity contribution < 1.29 is 27.5 Å². The summed E-state index contributed by atoms with van der Waals surface area (Å²) in [6.45, 7) is 7.14. The predicted molar refractivity (Wildman–Crippen MR) is 141 cm³/mol. The van der Waals surface area contributed by atoms with Gasteiger partial charge in [-0.25, -0.2) is 8.42 Å². The SMILES string of the molecule is CC[C@@H](C(=O)NC(C)C)N(Cc1cccc(C)c1)C(=O)CN(c1ccc(OC)c(OC)c1)S(C)(=O)=O. The number of anilines is 1. The molecule has 0 aliphatic heterocycles. The minimum atomic E-state index is -3.85. The Labute approximate surface area is 214 Å². The highest BCUT2D eigenvalue weighted by atomic mass is 32.2. The third-order valence-electron chi connectivity index (χ3n) is 5.59. The molecule has 36 heavy (non-hydrogen) atoms. The Morgan fingerprint density at radius 2 is 1.69 bits per heavy atom. The lowest BCUT2D eigenvalue weighted by molar-refractivity contribution is -0.140. The van der Waals surface area contributed by atoms with Crippen LogP contribution in [0.3, 0.4) is 0 Å². The molecule has 2 aromatic rings. The van der Waals surface area contributed by atoms with Gasteiger partial charge in [0.25, 0.3) is 0 Å². The minimum Gasteiger partial charge on any atom is -0.493 e. The van der Waals surface area contributed by atoms with E-state index in [-0.39, 0.29) is 24.2 Å². The van der Waals surface area contributed by atoms with E-state index in [1.54, 1.807) is 12.1 Å². The van der Waals surface area contributed by atoms with Gasteiger partial charge in [-0.3, -0.25) is 13.9 Å². The van der Waals surface area contributed by atoms with Crippen LogP contribution in [-0.4, -0.2) is 64.2 Å². The van der Waals surface area contributed by atoms with E-state index in [4.69, 9.17) is 9.47 Å². The van der Waals surface area contributed by atoms with Gasteiger partial charge in [-0.05, 0) is 44.9 Å². The van der Waals surface area contributed by atoms with Crippen LogP contribution in [0.1, 0.15) is 38.3 Å². The van der Waals surface area contributed by atoms with Crippen molar-refractivity contribution in [2.45, 2.75) is 52.7 Å². The van der Waals surface area contributed by atoms with E-state index in [1.165, 1.54) is 25.2 Å². The smallest absolute Gasteiger partial charge is 0.244 e. The van der Waals surface area contributed by atoms with Crippen molar-refractivity contribution in [2.24, 2.45) is 0 Å². The monoisotopic (exact) mass is 519 g/mol. The van der Waals surface area contributed by atoms with E-state index in [0.717, 1.165) is 21.7 Å². The fourth-order valence-corrected chi connectivity index (χ4v) is 4.74. The Morgan fingerprint density at radius 3 is 2.22 bits per heavy atom. The molecule has 0 aliphatic carbocycles. The van der Waals surface area contributed by atoms with Crippen LogP contribution < -0.4 is 19.1 Å². The first kappa shape index (κ1) is 29.0. The maximum Gasteiger partial charge on any atom is 0.244 e. The molecule has 0 aromatic heterocycles. The number of methoxy groups -OCH3 is 2. The van der Waals surface area contributed by atoms with Crippen molar-refractivity contribution in [1.29, 1.82) is 0 Å². The molecule has 0 unspecified atom stereocenters. The molecular weight excluding hydrogens is 482 g/mol. The maximum absolute atomic E-state index is 13.7. The fourth-order valence-electron chi connectivity index (χ4n) is 3.90. The van der Waals surface area contributed by atoms with Gasteiger partial charge in [0.15, 0.2) is 11.5 Å². The van der Waals surface area contributed by atoms with Gasteiger partial charge in [-0.15, -0.1) is 0 Å². The molecule has 1 atom stereocenters. The summed E-state index contributed by atoms with van der Waals surface area (Å²) in [4.78, 5) is 28.2.